The van der Waals surface area contributed by atoms with Gasteiger partial charge in [0.25, 0.3) is 0 Å². The first-order valence-corrected chi connectivity index (χ1v) is 6.27. The molecule has 0 atom stereocenters. The smallest absolute Gasteiger partial charge is 0.445 e. The van der Waals surface area contributed by atoms with Gasteiger partial charge in [-0.25, -0.2) is 0 Å². The van der Waals surface area contributed by atoms with Gasteiger partial charge in [-0.05, 0) is 25.3 Å². The fourth-order valence-corrected chi connectivity index (χ4v) is 2.19. The maximum absolute atomic E-state index is 12.4. The molecule has 0 unspecified atom stereocenters. The van der Waals surface area contributed by atoms with Crippen LogP contribution in [0.15, 0.2) is 12.1 Å². The molecule has 0 spiro atoms. The molecule has 7 heteroatoms. The zero-order valence-corrected chi connectivity index (χ0v) is 14.2. The summed E-state index contributed by atoms with van der Waals surface area (Å²) in [6.45, 7) is 2.66. The maximum atomic E-state index is 12.4. The van der Waals surface area contributed by atoms with E-state index in [0.29, 0.717) is 0 Å². The van der Waals surface area contributed by atoms with E-state index >= 15 is 0 Å². The summed E-state index contributed by atoms with van der Waals surface area (Å²) in [4.78, 5) is 4.23. The molecular formula is C11H19BF3KN2. The third-order valence-electron chi connectivity index (χ3n) is 3.57. The second kappa shape index (κ2) is 7.24. The maximum Gasteiger partial charge on any atom is 1.00 e. The molecule has 1 saturated heterocycles. The molecule has 1 heterocycles. The van der Waals surface area contributed by atoms with E-state index in [2.05, 4.69) is 11.5 Å². The first-order valence-electron chi connectivity index (χ1n) is 6.27. The van der Waals surface area contributed by atoms with Crippen LogP contribution < -0.4 is 51.4 Å². The van der Waals surface area contributed by atoms with Crippen LogP contribution in [-0.2, 0) is 0 Å². The van der Waals surface area contributed by atoms with Crippen LogP contribution in [-0.4, -0.2) is 56.0 Å². The van der Waals surface area contributed by atoms with E-state index in [1.165, 1.54) is 12.8 Å². The van der Waals surface area contributed by atoms with Crippen LogP contribution in [0.1, 0.15) is 12.8 Å². The molecule has 0 aromatic rings. The van der Waals surface area contributed by atoms with Gasteiger partial charge in [-0.3, -0.25) is 4.90 Å². The van der Waals surface area contributed by atoms with Gasteiger partial charge in [0.15, 0.2) is 0 Å². The number of piperazine rings is 1. The van der Waals surface area contributed by atoms with Gasteiger partial charge in [0.05, 0.1) is 0 Å². The summed E-state index contributed by atoms with van der Waals surface area (Å²) < 4.78 is 37.2. The molecule has 2 fully saturated rings. The molecule has 1 saturated carbocycles. The third-order valence-corrected chi connectivity index (χ3v) is 3.57. The quantitative estimate of drug-likeness (QED) is 0.596. The van der Waals surface area contributed by atoms with Gasteiger partial charge in [-0.1, -0.05) is 0 Å². The zero-order valence-electron chi connectivity index (χ0n) is 11.0. The normalized spacial score (nSPS) is 22.6. The first-order chi connectivity index (χ1) is 7.95. The first kappa shape index (κ1) is 17.2. The minimum Gasteiger partial charge on any atom is -0.445 e. The standard InChI is InChI=1S/C11H19BF3N2.K/c1-10(12(13,14)15)8-16-4-6-17(7-5-16)9-11-2-3-11;/h11H,1-9H2;/q-1;+1. The topological polar surface area (TPSA) is 6.48 Å². The second-order valence-electron chi connectivity index (χ2n) is 5.25. The monoisotopic (exact) mass is 286 g/mol. The fourth-order valence-electron chi connectivity index (χ4n) is 2.19. The van der Waals surface area contributed by atoms with Crippen LogP contribution in [0.25, 0.3) is 0 Å². The van der Waals surface area contributed by atoms with E-state index in [-0.39, 0.29) is 57.9 Å². The van der Waals surface area contributed by atoms with Crippen molar-refractivity contribution in [1.29, 1.82) is 0 Å². The van der Waals surface area contributed by atoms with Crippen LogP contribution in [0, 0.1) is 5.92 Å². The van der Waals surface area contributed by atoms with Crippen molar-refractivity contribution < 1.29 is 64.3 Å². The van der Waals surface area contributed by atoms with Gasteiger partial charge >= 0.3 is 58.4 Å². The Hall–Kier alpha value is 1.15. The molecule has 2 aliphatic rings. The molecule has 0 aromatic heterocycles. The molecule has 0 bridgehead atoms. The molecule has 1 aliphatic heterocycles. The van der Waals surface area contributed by atoms with Crippen molar-refractivity contribution in [1.82, 2.24) is 9.80 Å². The van der Waals surface area contributed by atoms with Crippen molar-refractivity contribution in [2.24, 2.45) is 5.92 Å². The van der Waals surface area contributed by atoms with E-state index in [0.717, 1.165) is 38.6 Å². The number of nitrogens with zero attached hydrogens (tertiary/aromatic N) is 2. The molecule has 1 aliphatic carbocycles. The van der Waals surface area contributed by atoms with Crippen LogP contribution in [0.4, 0.5) is 12.9 Å². The average molecular weight is 286 g/mol. The van der Waals surface area contributed by atoms with Gasteiger partial charge in [-0.15, -0.1) is 12.1 Å². The summed E-state index contributed by atoms with van der Waals surface area (Å²) in [5.41, 5.74) is -0.569. The number of hydrogen-bond donors (Lipinski definition) is 0. The predicted octanol–water partition coefficient (Wildman–Crippen LogP) is -1.04. The number of rotatable bonds is 5. The number of halogens is 3. The van der Waals surface area contributed by atoms with E-state index in [4.69, 9.17) is 0 Å². The van der Waals surface area contributed by atoms with Gasteiger partial charge in [0, 0.05) is 32.7 Å². The molecule has 0 amide bonds. The summed E-state index contributed by atoms with van der Waals surface area (Å²) >= 11 is 0. The molecule has 0 aromatic carbocycles. The van der Waals surface area contributed by atoms with Crippen molar-refractivity contribution in [3.05, 3.63) is 12.1 Å². The molecule has 18 heavy (non-hydrogen) atoms. The molecule has 98 valence electrons. The van der Waals surface area contributed by atoms with Crippen LogP contribution in [0.2, 0.25) is 0 Å². The Labute approximate surface area is 149 Å². The Morgan fingerprint density at radius 1 is 1.06 bits per heavy atom. The third kappa shape index (κ3) is 5.65. The Bertz CT molecular complexity index is 287. The largest absolute Gasteiger partial charge is 1.00 e. The molecule has 2 rings (SSSR count). The van der Waals surface area contributed by atoms with Crippen molar-refractivity contribution in [2.75, 3.05) is 39.3 Å². The summed E-state index contributed by atoms with van der Waals surface area (Å²) in [5, 5.41) is 0. The van der Waals surface area contributed by atoms with Crippen LogP contribution in [0.3, 0.4) is 0 Å². The van der Waals surface area contributed by atoms with Gasteiger partial charge in [0.1, 0.15) is 0 Å². The van der Waals surface area contributed by atoms with E-state index in [1.807, 2.05) is 4.90 Å². The van der Waals surface area contributed by atoms with Crippen LogP contribution in [0.5, 0.6) is 0 Å². The molecule has 2 nitrogen and oxygen atoms in total. The molecular weight excluding hydrogens is 267 g/mol. The van der Waals surface area contributed by atoms with Gasteiger partial charge < -0.3 is 17.8 Å². The van der Waals surface area contributed by atoms with Crippen molar-refractivity contribution in [2.45, 2.75) is 12.8 Å². The van der Waals surface area contributed by atoms with Crippen molar-refractivity contribution in [3.8, 4) is 0 Å². The summed E-state index contributed by atoms with van der Waals surface area (Å²) in [5.74, 6) is 0.857. The Morgan fingerprint density at radius 3 is 2.00 bits per heavy atom. The second-order valence-corrected chi connectivity index (χ2v) is 5.25. The molecule has 0 radical (unpaired) electrons. The Balaban J connectivity index is 0.00000162. The Kier molecular flexibility index (Phi) is 6.92. The van der Waals surface area contributed by atoms with Gasteiger partial charge in [0.2, 0.25) is 0 Å². The predicted molar refractivity (Wildman–Crippen MR) is 63.8 cm³/mol. The number of hydrogen-bond acceptors (Lipinski definition) is 2. The summed E-state index contributed by atoms with van der Waals surface area (Å²) in [6.07, 6.45) is 2.65. The summed E-state index contributed by atoms with van der Waals surface area (Å²) in [7, 11) is 0. The minimum absolute atomic E-state index is 0. The molecule has 0 N–H and O–H groups in total. The van der Waals surface area contributed by atoms with E-state index < -0.39 is 12.4 Å². The Morgan fingerprint density at radius 2 is 1.56 bits per heavy atom. The van der Waals surface area contributed by atoms with E-state index in [9.17, 15) is 12.9 Å². The van der Waals surface area contributed by atoms with Gasteiger partial charge in [-0.2, -0.15) is 0 Å². The van der Waals surface area contributed by atoms with Crippen molar-refractivity contribution >= 4 is 6.98 Å². The van der Waals surface area contributed by atoms with E-state index in [1.54, 1.807) is 0 Å². The summed E-state index contributed by atoms with van der Waals surface area (Å²) in [6, 6.07) is 0. The minimum atomic E-state index is -4.87. The van der Waals surface area contributed by atoms with Crippen molar-refractivity contribution in [3.63, 3.8) is 0 Å². The van der Waals surface area contributed by atoms with Crippen LogP contribution >= 0.6 is 0 Å². The average Bonchev–Trinajstić information content (AvgIpc) is 3.03. The fraction of sp³-hybridized carbons (Fsp3) is 0.818. The SMILES string of the molecule is C=C(CN1CCN(CC2CC2)CC1)[B-](F)(F)F.[K+]. The zero-order chi connectivity index (χ0) is 12.5.